The molecule has 0 saturated carbocycles. The molecule has 0 N–H and O–H groups in total. The zero-order valence-electron chi connectivity index (χ0n) is 20.1. The minimum absolute atomic E-state index is 0.104. The second-order valence-electron chi connectivity index (χ2n) is 9.16. The van der Waals surface area contributed by atoms with Gasteiger partial charge in [0.1, 0.15) is 5.75 Å². The summed E-state index contributed by atoms with van der Waals surface area (Å²) in [5.74, 6) is 0.999. The predicted molar refractivity (Wildman–Crippen MR) is 134 cm³/mol. The Morgan fingerprint density at radius 1 is 0.879 bits per heavy atom. The van der Waals surface area contributed by atoms with Crippen molar-refractivity contribution in [1.29, 1.82) is 0 Å². The monoisotopic (exact) mass is 442 g/mol. The fourth-order valence-corrected chi connectivity index (χ4v) is 4.88. The number of carbonyl (C=O) groups is 1. The molecule has 0 aliphatic carbocycles. The van der Waals surface area contributed by atoms with Crippen LogP contribution in [0, 0.1) is 0 Å². The minimum atomic E-state index is 0.104. The zero-order valence-corrected chi connectivity index (χ0v) is 20.1. The summed E-state index contributed by atoms with van der Waals surface area (Å²) in [6.07, 6.45) is 0. The quantitative estimate of drug-likeness (QED) is 0.447. The number of hydrogen-bond acceptors (Lipinski definition) is 4. The number of methoxy groups -OCH3 is 1. The van der Waals surface area contributed by atoms with Crippen molar-refractivity contribution in [3.05, 3.63) is 101 Å². The molecule has 172 valence electrons. The smallest absolute Gasteiger partial charge is 0.159 e. The van der Waals surface area contributed by atoms with Crippen molar-refractivity contribution in [3.63, 3.8) is 0 Å². The first-order chi connectivity index (χ1) is 16.0. The summed E-state index contributed by atoms with van der Waals surface area (Å²) in [6.45, 7) is 9.19. The van der Waals surface area contributed by atoms with Crippen LogP contribution in [0.1, 0.15) is 53.9 Å². The number of ketones is 1. The first-order valence-corrected chi connectivity index (χ1v) is 11.7. The van der Waals surface area contributed by atoms with Crippen molar-refractivity contribution in [1.82, 2.24) is 9.80 Å². The van der Waals surface area contributed by atoms with E-state index in [0.29, 0.717) is 12.1 Å². The van der Waals surface area contributed by atoms with Crippen LogP contribution in [-0.4, -0.2) is 47.9 Å². The van der Waals surface area contributed by atoms with Crippen LogP contribution in [0.25, 0.3) is 0 Å². The summed E-state index contributed by atoms with van der Waals surface area (Å²) in [7, 11) is 1.70. The third-order valence-electron chi connectivity index (χ3n) is 6.79. The number of carbonyl (C=O) groups excluding carboxylic acids is 1. The largest absolute Gasteiger partial charge is 0.497 e. The van der Waals surface area contributed by atoms with Gasteiger partial charge in [0.2, 0.25) is 0 Å². The van der Waals surface area contributed by atoms with E-state index in [0.717, 1.165) is 30.9 Å². The maximum Gasteiger partial charge on any atom is 0.159 e. The fourth-order valence-electron chi connectivity index (χ4n) is 4.88. The molecule has 0 amide bonds. The average molecular weight is 443 g/mol. The van der Waals surface area contributed by atoms with Crippen molar-refractivity contribution in [2.24, 2.45) is 0 Å². The number of piperazine rings is 1. The van der Waals surface area contributed by atoms with Crippen LogP contribution < -0.4 is 4.74 Å². The van der Waals surface area contributed by atoms with E-state index in [9.17, 15) is 4.79 Å². The predicted octanol–water partition coefficient (Wildman–Crippen LogP) is 5.58. The maximum atomic E-state index is 11.8. The molecule has 1 aliphatic heterocycles. The van der Waals surface area contributed by atoms with Gasteiger partial charge in [0, 0.05) is 37.3 Å². The van der Waals surface area contributed by atoms with Gasteiger partial charge in [0.25, 0.3) is 0 Å². The van der Waals surface area contributed by atoms with Gasteiger partial charge in [0.05, 0.1) is 13.2 Å². The number of hydrogen-bond donors (Lipinski definition) is 0. The highest BCUT2D eigenvalue weighted by molar-refractivity contribution is 5.94. The van der Waals surface area contributed by atoms with E-state index >= 15 is 0 Å². The molecule has 4 rings (SSSR count). The van der Waals surface area contributed by atoms with Crippen LogP contribution >= 0.6 is 0 Å². The van der Waals surface area contributed by atoms with E-state index in [2.05, 4.69) is 78.2 Å². The molecule has 0 bridgehead atoms. The second kappa shape index (κ2) is 10.3. The minimum Gasteiger partial charge on any atom is -0.497 e. The van der Waals surface area contributed by atoms with Crippen molar-refractivity contribution >= 4 is 5.78 Å². The van der Waals surface area contributed by atoms with Gasteiger partial charge >= 0.3 is 0 Å². The molecule has 3 atom stereocenters. The molecule has 33 heavy (non-hydrogen) atoms. The molecule has 1 saturated heterocycles. The zero-order chi connectivity index (χ0) is 23.4. The number of rotatable bonds is 7. The van der Waals surface area contributed by atoms with Gasteiger partial charge < -0.3 is 4.74 Å². The highest BCUT2D eigenvalue weighted by atomic mass is 16.5. The summed E-state index contributed by atoms with van der Waals surface area (Å²) in [4.78, 5) is 17.0. The summed E-state index contributed by atoms with van der Waals surface area (Å²) < 4.78 is 5.30. The van der Waals surface area contributed by atoms with E-state index in [-0.39, 0.29) is 11.8 Å². The van der Waals surface area contributed by atoms with Crippen molar-refractivity contribution < 1.29 is 9.53 Å². The van der Waals surface area contributed by atoms with E-state index in [1.807, 2.05) is 24.3 Å². The number of ether oxygens (including phenoxy) is 1. The molecule has 0 aromatic heterocycles. The molecule has 1 heterocycles. The Hall–Kier alpha value is -2.95. The topological polar surface area (TPSA) is 32.8 Å². The molecule has 3 aromatic rings. The van der Waals surface area contributed by atoms with Crippen molar-refractivity contribution in [2.45, 2.75) is 45.4 Å². The molecular formula is C29H34N2O2. The molecule has 0 spiro atoms. The summed E-state index contributed by atoms with van der Waals surface area (Å²) in [5.41, 5.74) is 4.59. The summed E-state index contributed by atoms with van der Waals surface area (Å²) in [5, 5.41) is 0. The van der Waals surface area contributed by atoms with Crippen LogP contribution in [-0.2, 0) is 6.54 Å². The van der Waals surface area contributed by atoms with Crippen LogP contribution in [0.3, 0.4) is 0 Å². The van der Waals surface area contributed by atoms with Gasteiger partial charge in [-0.1, -0.05) is 66.7 Å². The van der Waals surface area contributed by atoms with Gasteiger partial charge in [-0.2, -0.15) is 0 Å². The van der Waals surface area contributed by atoms with E-state index in [4.69, 9.17) is 4.74 Å². The molecule has 4 heteroatoms. The SMILES string of the molecule is COc1ccc(CN2C[C@H](C)N(C(c3ccccc3)c3ccc(C(C)=O)cc3)C[C@H]2C)cc1. The van der Waals surface area contributed by atoms with E-state index in [1.54, 1.807) is 14.0 Å². The Kier molecular flexibility index (Phi) is 7.26. The highest BCUT2D eigenvalue weighted by Gasteiger charge is 2.34. The highest BCUT2D eigenvalue weighted by Crippen LogP contribution is 2.34. The van der Waals surface area contributed by atoms with Gasteiger partial charge in [-0.25, -0.2) is 0 Å². The molecule has 1 aliphatic rings. The molecule has 4 nitrogen and oxygen atoms in total. The van der Waals surface area contributed by atoms with E-state index < -0.39 is 0 Å². The Labute approximate surface area is 197 Å². The number of benzene rings is 3. The maximum absolute atomic E-state index is 11.8. The Balaban J connectivity index is 1.57. The second-order valence-corrected chi connectivity index (χ2v) is 9.16. The molecule has 1 unspecified atom stereocenters. The lowest BCUT2D eigenvalue weighted by molar-refractivity contribution is 0.0195. The Bertz CT molecular complexity index is 1050. The van der Waals surface area contributed by atoms with Crippen LogP contribution in [0.15, 0.2) is 78.9 Å². The number of nitrogens with zero attached hydrogens (tertiary/aromatic N) is 2. The average Bonchev–Trinajstić information content (AvgIpc) is 2.84. The van der Waals surface area contributed by atoms with Gasteiger partial charge in [-0.3, -0.25) is 14.6 Å². The molecule has 1 fully saturated rings. The van der Waals surface area contributed by atoms with Gasteiger partial charge in [-0.05, 0) is 49.6 Å². The Morgan fingerprint density at radius 2 is 1.52 bits per heavy atom. The Morgan fingerprint density at radius 3 is 2.12 bits per heavy atom. The summed E-state index contributed by atoms with van der Waals surface area (Å²) in [6, 6.07) is 28.2. The third-order valence-corrected chi connectivity index (χ3v) is 6.79. The lowest BCUT2D eigenvalue weighted by Gasteiger charge is -2.47. The standard InChI is InChI=1S/C29H34N2O2/c1-21-19-31(22(2)18-30(21)20-24-10-16-28(33-4)17-11-24)29(26-8-6-5-7-9-26)27-14-12-25(13-15-27)23(3)32/h5-17,21-22,29H,18-20H2,1-4H3/t21-,22+,29?/m1/s1. The molecule has 0 radical (unpaired) electrons. The van der Waals surface area contributed by atoms with Crippen molar-refractivity contribution in [3.8, 4) is 5.75 Å². The van der Waals surface area contributed by atoms with Crippen LogP contribution in [0.5, 0.6) is 5.75 Å². The van der Waals surface area contributed by atoms with Crippen LogP contribution in [0.4, 0.5) is 0 Å². The number of Topliss-reactive ketones (excluding diaryl/α,β-unsaturated/α-hetero) is 1. The summed E-state index contributed by atoms with van der Waals surface area (Å²) >= 11 is 0. The molecular weight excluding hydrogens is 408 g/mol. The molecule has 3 aromatic carbocycles. The third kappa shape index (κ3) is 5.35. The van der Waals surface area contributed by atoms with Gasteiger partial charge in [-0.15, -0.1) is 0 Å². The van der Waals surface area contributed by atoms with E-state index in [1.165, 1.54) is 16.7 Å². The first-order valence-electron chi connectivity index (χ1n) is 11.7. The fraction of sp³-hybridized carbons (Fsp3) is 0.345. The first kappa shape index (κ1) is 23.2. The van der Waals surface area contributed by atoms with Crippen molar-refractivity contribution in [2.75, 3.05) is 20.2 Å². The van der Waals surface area contributed by atoms with Crippen LogP contribution in [0.2, 0.25) is 0 Å². The lowest BCUT2D eigenvalue weighted by Crippen LogP contribution is -2.56. The van der Waals surface area contributed by atoms with Gasteiger partial charge in [0.15, 0.2) is 5.78 Å². The normalized spacial score (nSPS) is 20.4. The lowest BCUT2D eigenvalue weighted by atomic mass is 9.92.